The molecule has 3 aromatic carbocycles. The van der Waals surface area contributed by atoms with Crippen LogP contribution in [0.3, 0.4) is 0 Å². The van der Waals surface area contributed by atoms with Crippen LogP contribution in [0.15, 0.2) is 71.6 Å². The van der Waals surface area contributed by atoms with Crippen LogP contribution in [0.25, 0.3) is 0 Å². The normalized spacial score (nSPS) is 10.9. The first-order chi connectivity index (χ1) is 18.3. The van der Waals surface area contributed by atoms with Gasteiger partial charge >= 0.3 is 11.9 Å². The van der Waals surface area contributed by atoms with Crippen molar-refractivity contribution in [1.82, 2.24) is 0 Å². The van der Waals surface area contributed by atoms with E-state index in [0.29, 0.717) is 30.6 Å². The molecule has 3 rings (SSSR count). The van der Waals surface area contributed by atoms with Crippen molar-refractivity contribution >= 4 is 27.6 Å². The second-order valence-corrected chi connectivity index (χ2v) is 9.94. The number of hydrogen-bond acceptors (Lipinski definition) is 8. The SMILES string of the molecule is COC(=O)CCCCOc1cccc(C(=O)OC)c1NS(=O)(=O)c1ccc(OC)cc1Cc1ccccc1. The lowest BCUT2D eigenvalue weighted by Crippen LogP contribution is -2.19. The van der Waals surface area contributed by atoms with E-state index in [1.807, 2.05) is 30.3 Å². The van der Waals surface area contributed by atoms with E-state index in [9.17, 15) is 18.0 Å². The van der Waals surface area contributed by atoms with Crippen LogP contribution < -0.4 is 14.2 Å². The first kappa shape index (κ1) is 28.5. The Kier molecular flexibility index (Phi) is 10.1. The molecular formula is C28H31NO8S. The topological polar surface area (TPSA) is 117 Å². The Morgan fingerprint density at radius 2 is 1.63 bits per heavy atom. The number of para-hydroxylation sites is 1. The van der Waals surface area contributed by atoms with Crippen molar-refractivity contribution in [1.29, 1.82) is 0 Å². The molecule has 0 saturated carbocycles. The number of anilines is 1. The van der Waals surface area contributed by atoms with E-state index in [0.717, 1.165) is 5.56 Å². The third-order valence-electron chi connectivity index (χ3n) is 5.72. The molecule has 0 aliphatic rings. The fourth-order valence-corrected chi connectivity index (χ4v) is 5.09. The third-order valence-corrected chi connectivity index (χ3v) is 7.17. The average molecular weight is 542 g/mol. The number of carbonyl (C=O) groups excluding carboxylic acids is 2. The summed E-state index contributed by atoms with van der Waals surface area (Å²) in [5.74, 6) is -0.372. The number of methoxy groups -OCH3 is 3. The van der Waals surface area contributed by atoms with Gasteiger partial charge in [-0.3, -0.25) is 9.52 Å². The molecule has 38 heavy (non-hydrogen) atoms. The second-order valence-electron chi connectivity index (χ2n) is 8.29. The lowest BCUT2D eigenvalue weighted by molar-refractivity contribution is -0.140. The summed E-state index contributed by atoms with van der Waals surface area (Å²) in [4.78, 5) is 23.9. The van der Waals surface area contributed by atoms with Crippen LogP contribution in [-0.4, -0.2) is 48.3 Å². The molecule has 9 nitrogen and oxygen atoms in total. The summed E-state index contributed by atoms with van der Waals surface area (Å²) in [5, 5.41) is 0. The molecule has 0 bridgehead atoms. The first-order valence-corrected chi connectivity index (χ1v) is 13.4. The molecule has 0 unspecified atom stereocenters. The maximum atomic E-state index is 13.7. The molecule has 0 fully saturated rings. The molecule has 0 aliphatic heterocycles. The van der Waals surface area contributed by atoms with Crippen molar-refractivity contribution in [3.8, 4) is 11.5 Å². The molecule has 10 heteroatoms. The largest absolute Gasteiger partial charge is 0.497 e. The van der Waals surface area contributed by atoms with Crippen LogP contribution in [0.5, 0.6) is 11.5 Å². The summed E-state index contributed by atoms with van der Waals surface area (Å²) in [6, 6.07) is 18.7. The van der Waals surface area contributed by atoms with Gasteiger partial charge in [-0.1, -0.05) is 36.4 Å². The predicted octanol–water partition coefficient (Wildman–Crippen LogP) is 4.60. The van der Waals surface area contributed by atoms with Gasteiger partial charge in [0, 0.05) is 6.42 Å². The fraction of sp³-hybridized carbons (Fsp3) is 0.286. The zero-order valence-corrected chi connectivity index (χ0v) is 22.4. The van der Waals surface area contributed by atoms with E-state index in [1.165, 1.54) is 33.5 Å². The predicted molar refractivity (Wildman–Crippen MR) is 142 cm³/mol. The van der Waals surface area contributed by atoms with Gasteiger partial charge in [0.25, 0.3) is 10.0 Å². The Morgan fingerprint density at radius 3 is 2.32 bits per heavy atom. The van der Waals surface area contributed by atoms with Gasteiger partial charge in [0.05, 0.1) is 38.4 Å². The number of rotatable bonds is 13. The molecule has 0 radical (unpaired) electrons. The molecule has 3 aromatic rings. The Labute approximate surface area is 222 Å². The smallest absolute Gasteiger partial charge is 0.340 e. The standard InChI is InChI=1S/C28H31NO8S/c1-34-22-15-16-25(21(19-22)18-20-10-5-4-6-11-20)38(32,33)29-27-23(28(31)36-3)12-9-13-24(27)37-17-8-7-14-26(30)35-2/h4-6,9-13,15-16,19,29H,7-8,14,17-18H2,1-3H3. The van der Waals surface area contributed by atoms with Gasteiger partial charge in [-0.25, -0.2) is 13.2 Å². The van der Waals surface area contributed by atoms with Crippen molar-refractivity contribution in [3.63, 3.8) is 0 Å². The molecule has 1 N–H and O–H groups in total. The molecule has 0 atom stereocenters. The number of unbranched alkanes of at least 4 members (excludes halogenated alkanes) is 1. The molecule has 0 aliphatic carbocycles. The maximum absolute atomic E-state index is 13.7. The van der Waals surface area contributed by atoms with Gasteiger partial charge in [-0.05, 0) is 60.7 Å². The van der Waals surface area contributed by atoms with Crippen molar-refractivity contribution in [2.45, 2.75) is 30.6 Å². The zero-order chi connectivity index (χ0) is 27.5. The first-order valence-electron chi connectivity index (χ1n) is 11.9. The number of hydrogen-bond donors (Lipinski definition) is 1. The van der Waals surface area contributed by atoms with Crippen LogP contribution in [0.2, 0.25) is 0 Å². The highest BCUT2D eigenvalue weighted by molar-refractivity contribution is 7.92. The maximum Gasteiger partial charge on any atom is 0.340 e. The number of esters is 2. The fourth-order valence-electron chi connectivity index (χ4n) is 3.78. The minimum atomic E-state index is -4.18. The average Bonchev–Trinajstić information content (AvgIpc) is 2.93. The lowest BCUT2D eigenvalue weighted by Gasteiger charge is -2.18. The monoisotopic (exact) mass is 541 g/mol. The molecule has 0 spiro atoms. The van der Waals surface area contributed by atoms with Gasteiger partial charge in [0.15, 0.2) is 0 Å². The number of benzene rings is 3. The second kappa shape index (κ2) is 13.5. The molecule has 0 amide bonds. The van der Waals surface area contributed by atoms with E-state index < -0.39 is 16.0 Å². The van der Waals surface area contributed by atoms with E-state index in [-0.39, 0.29) is 40.9 Å². The lowest BCUT2D eigenvalue weighted by atomic mass is 10.0. The highest BCUT2D eigenvalue weighted by Crippen LogP contribution is 2.33. The highest BCUT2D eigenvalue weighted by Gasteiger charge is 2.25. The minimum Gasteiger partial charge on any atom is -0.497 e. The van der Waals surface area contributed by atoms with E-state index >= 15 is 0 Å². The van der Waals surface area contributed by atoms with Crippen molar-refractivity contribution in [2.75, 3.05) is 32.7 Å². The third kappa shape index (κ3) is 7.48. The quantitative estimate of drug-likeness (QED) is 0.247. The molecular weight excluding hydrogens is 510 g/mol. The number of sulfonamides is 1. The van der Waals surface area contributed by atoms with Gasteiger partial charge < -0.3 is 18.9 Å². The Balaban J connectivity index is 1.94. The molecule has 0 saturated heterocycles. The molecule has 0 aromatic heterocycles. The number of ether oxygens (including phenoxy) is 4. The highest BCUT2D eigenvalue weighted by atomic mass is 32.2. The molecule has 202 valence electrons. The van der Waals surface area contributed by atoms with Crippen LogP contribution in [0.1, 0.15) is 40.7 Å². The number of nitrogens with one attached hydrogen (secondary N) is 1. The van der Waals surface area contributed by atoms with Gasteiger partial charge in [0.2, 0.25) is 0 Å². The van der Waals surface area contributed by atoms with Crippen molar-refractivity contribution < 1.29 is 37.0 Å². The van der Waals surface area contributed by atoms with E-state index in [1.54, 1.807) is 24.3 Å². The van der Waals surface area contributed by atoms with Crippen LogP contribution >= 0.6 is 0 Å². The Bertz CT molecular complexity index is 1360. The van der Waals surface area contributed by atoms with Crippen molar-refractivity contribution in [3.05, 3.63) is 83.4 Å². The van der Waals surface area contributed by atoms with E-state index in [2.05, 4.69) is 9.46 Å². The van der Waals surface area contributed by atoms with Crippen LogP contribution in [0.4, 0.5) is 5.69 Å². The summed E-state index contributed by atoms with van der Waals surface area (Å²) in [5.41, 5.74) is 1.40. The zero-order valence-electron chi connectivity index (χ0n) is 21.6. The van der Waals surface area contributed by atoms with Gasteiger partial charge in [-0.15, -0.1) is 0 Å². The summed E-state index contributed by atoms with van der Waals surface area (Å²) in [7, 11) is -0.137. The van der Waals surface area contributed by atoms with Crippen LogP contribution in [0, 0.1) is 0 Å². The summed E-state index contributed by atoms with van der Waals surface area (Å²) in [6.45, 7) is 0.193. The van der Waals surface area contributed by atoms with E-state index in [4.69, 9.17) is 14.2 Å². The number of carbonyl (C=O) groups is 2. The van der Waals surface area contributed by atoms with Crippen LogP contribution in [-0.2, 0) is 30.7 Å². The Morgan fingerprint density at radius 1 is 0.868 bits per heavy atom. The minimum absolute atomic E-state index is 0.00116. The summed E-state index contributed by atoms with van der Waals surface area (Å²) < 4.78 is 50.6. The van der Waals surface area contributed by atoms with Gasteiger partial charge in [0.1, 0.15) is 17.2 Å². The summed E-state index contributed by atoms with van der Waals surface area (Å²) >= 11 is 0. The molecule has 0 heterocycles. The van der Waals surface area contributed by atoms with Crippen molar-refractivity contribution in [2.24, 2.45) is 0 Å². The van der Waals surface area contributed by atoms with Gasteiger partial charge in [-0.2, -0.15) is 0 Å². The summed E-state index contributed by atoms with van der Waals surface area (Å²) in [6.07, 6.45) is 1.63. The Hall–Kier alpha value is -4.05.